The average Bonchev–Trinajstić information content (AvgIpc) is 2.22. The van der Waals surface area contributed by atoms with Gasteiger partial charge in [-0.1, -0.05) is 6.07 Å². The van der Waals surface area contributed by atoms with E-state index in [4.69, 9.17) is 0 Å². The summed E-state index contributed by atoms with van der Waals surface area (Å²) in [6.07, 6.45) is 1.51. The van der Waals surface area contributed by atoms with Crippen LogP contribution in [0.25, 0.3) is 0 Å². The van der Waals surface area contributed by atoms with Crippen molar-refractivity contribution in [2.75, 3.05) is 14.1 Å². The van der Waals surface area contributed by atoms with Gasteiger partial charge in [-0.05, 0) is 30.5 Å². The van der Waals surface area contributed by atoms with Crippen molar-refractivity contribution in [2.24, 2.45) is 0 Å². The molecule has 1 N–H and O–H groups in total. The first-order valence-electron chi connectivity index (χ1n) is 5.40. The third-order valence-electron chi connectivity index (χ3n) is 2.20. The number of halogens is 2. The molecule has 1 aromatic rings. The molecule has 0 bridgehead atoms. The molecule has 1 rings (SSSR count). The van der Waals surface area contributed by atoms with Crippen molar-refractivity contribution in [2.45, 2.75) is 19.3 Å². The number of hydrazine groups is 1. The van der Waals surface area contributed by atoms with E-state index in [1.165, 1.54) is 12.1 Å². The number of amides is 1. The van der Waals surface area contributed by atoms with Gasteiger partial charge < -0.3 is 0 Å². The van der Waals surface area contributed by atoms with Gasteiger partial charge in [0.25, 0.3) is 0 Å². The van der Waals surface area contributed by atoms with Crippen molar-refractivity contribution in [1.29, 1.82) is 0 Å². The molecule has 0 radical (unpaired) electrons. The third-order valence-corrected chi connectivity index (χ3v) is 2.20. The molecule has 1 amide bonds. The Kier molecular flexibility index (Phi) is 5.03. The van der Waals surface area contributed by atoms with E-state index in [-0.39, 0.29) is 5.91 Å². The number of hydrogen-bond acceptors (Lipinski definition) is 2. The zero-order valence-corrected chi connectivity index (χ0v) is 9.96. The highest BCUT2D eigenvalue weighted by molar-refractivity contribution is 5.75. The van der Waals surface area contributed by atoms with Crippen molar-refractivity contribution in [3.8, 4) is 0 Å². The van der Waals surface area contributed by atoms with Crippen molar-refractivity contribution in [1.82, 2.24) is 10.4 Å². The molecule has 0 aromatic heterocycles. The van der Waals surface area contributed by atoms with Gasteiger partial charge in [0.05, 0.1) is 0 Å². The van der Waals surface area contributed by atoms with Crippen molar-refractivity contribution in [3.05, 3.63) is 35.4 Å². The molecule has 0 heterocycles. The summed E-state index contributed by atoms with van der Waals surface area (Å²) in [6.45, 7) is 0. The Labute approximate surface area is 99.4 Å². The average molecular weight is 242 g/mol. The summed E-state index contributed by atoms with van der Waals surface area (Å²) in [7, 11) is 3.46. The summed E-state index contributed by atoms with van der Waals surface area (Å²) in [5, 5.41) is 1.57. The van der Waals surface area contributed by atoms with E-state index in [1.807, 2.05) is 0 Å². The number of carbonyl (C=O) groups excluding carboxylic acids is 1. The van der Waals surface area contributed by atoms with Crippen LogP contribution < -0.4 is 5.43 Å². The minimum atomic E-state index is -0.848. The fraction of sp³-hybridized carbons (Fsp3) is 0.417. The standard InChI is InChI=1S/C12H16F2N2O/c1-16(2)15-12(17)5-3-4-9-6-7-10(13)11(14)8-9/h6-8H,3-5H2,1-2H3,(H,15,17). The Bertz CT molecular complexity index is 394. The highest BCUT2D eigenvalue weighted by atomic mass is 19.2. The molecule has 3 nitrogen and oxygen atoms in total. The van der Waals surface area contributed by atoms with Gasteiger partial charge in [-0.2, -0.15) is 0 Å². The molecule has 17 heavy (non-hydrogen) atoms. The molecule has 0 atom stereocenters. The molecule has 0 aliphatic rings. The topological polar surface area (TPSA) is 32.3 Å². The maximum Gasteiger partial charge on any atom is 0.234 e. The van der Waals surface area contributed by atoms with Crippen LogP contribution in [0.3, 0.4) is 0 Å². The molecule has 0 aliphatic heterocycles. The predicted molar refractivity (Wildman–Crippen MR) is 61.1 cm³/mol. The van der Waals surface area contributed by atoms with Crippen LogP contribution in [-0.4, -0.2) is 25.0 Å². The number of nitrogens with one attached hydrogen (secondary N) is 1. The van der Waals surface area contributed by atoms with Crippen molar-refractivity contribution >= 4 is 5.91 Å². The Morgan fingerprint density at radius 3 is 2.59 bits per heavy atom. The summed E-state index contributed by atoms with van der Waals surface area (Å²) in [6, 6.07) is 3.80. The zero-order valence-electron chi connectivity index (χ0n) is 9.96. The van der Waals surface area contributed by atoms with Crippen LogP contribution >= 0.6 is 0 Å². The van der Waals surface area contributed by atoms with E-state index in [1.54, 1.807) is 19.1 Å². The van der Waals surface area contributed by atoms with Gasteiger partial charge >= 0.3 is 0 Å². The number of hydrogen-bond donors (Lipinski definition) is 1. The van der Waals surface area contributed by atoms with Crippen LogP contribution in [-0.2, 0) is 11.2 Å². The van der Waals surface area contributed by atoms with Gasteiger partial charge in [-0.3, -0.25) is 10.2 Å². The summed E-state index contributed by atoms with van der Waals surface area (Å²) in [5.74, 6) is -1.78. The lowest BCUT2D eigenvalue weighted by atomic mass is 10.1. The lowest BCUT2D eigenvalue weighted by Gasteiger charge is -2.11. The van der Waals surface area contributed by atoms with E-state index in [0.717, 1.165) is 6.07 Å². The monoisotopic (exact) mass is 242 g/mol. The van der Waals surface area contributed by atoms with Gasteiger partial charge in [0.2, 0.25) is 5.91 Å². The van der Waals surface area contributed by atoms with Gasteiger partial charge in [-0.25, -0.2) is 13.8 Å². The van der Waals surface area contributed by atoms with E-state index in [9.17, 15) is 13.6 Å². The zero-order chi connectivity index (χ0) is 12.8. The second kappa shape index (κ2) is 6.30. The fourth-order valence-corrected chi connectivity index (χ4v) is 1.45. The highest BCUT2D eigenvalue weighted by Gasteiger charge is 2.05. The van der Waals surface area contributed by atoms with Crippen LogP contribution in [0, 0.1) is 11.6 Å². The molecule has 0 saturated heterocycles. The number of nitrogens with zero attached hydrogens (tertiary/aromatic N) is 1. The lowest BCUT2D eigenvalue weighted by molar-refractivity contribution is -0.124. The molecule has 0 saturated carbocycles. The van der Waals surface area contributed by atoms with Crippen LogP contribution in [0.15, 0.2) is 18.2 Å². The summed E-state index contributed by atoms with van der Waals surface area (Å²) in [4.78, 5) is 11.3. The van der Waals surface area contributed by atoms with E-state index >= 15 is 0 Å². The van der Waals surface area contributed by atoms with Crippen LogP contribution in [0.4, 0.5) is 8.78 Å². The quantitative estimate of drug-likeness (QED) is 0.800. The second-order valence-electron chi connectivity index (χ2n) is 4.03. The van der Waals surface area contributed by atoms with Crippen LogP contribution in [0.5, 0.6) is 0 Å². The molecule has 0 aliphatic carbocycles. The minimum Gasteiger partial charge on any atom is -0.289 e. The molecule has 5 heteroatoms. The number of aryl methyl sites for hydroxylation is 1. The number of rotatable bonds is 5. The molecule has 0 fully saturated rings. The van der Waals surface area contributed by atoms with Crippen LogP contribution in [0.1, 0.15) is 18.4 Å². The first-order valence-corrected chi connectivity index (χ1v) is 5.40. The van der Waals surface area contributed by atoms with Gasteiger partial charge in [0, 0.05) is 20.5 Å². The molecule has 0 spiro atoms. The number of benzene rings is 1. The van der Waals surface area contributed by atoms with E-state index in [0.29, 0.717) is 24.8 Å². The third kappa shape index (κ3) is 4.91. The van der Waals surface area contributed by atoms with Crippen LogP contribution in [0.2, 0.25) is 0 Å². The fourth-order valence-electron chi connectivity index (χ4n) is 1.45. The van der Waals surface area contributed by atoms with Crippen molar-refractivity contribution in [3.63, 3.8) is 0 Å². The Balaban J connectivity index is 2.36. The summed E-state index contributed by atoms with van der Waals surface area (Å²) >= 11 is 0. The Morgan fingerprint density at radius 2 is 2.00 bits per heavy atom. The Morgan fingerprint density at radius 1 is 1.29 bits per heavy atom. The van der Waals surface area contributed by atoms with Gasteiger partial charge in [0.15, 0.2) is 11.6 Å². The molecule has 1 aromatic carbocycles. The van der Waals surface area contributed by atoms with Gasteiger partial charge in [0.1, 0.15) is 0 Å². The first-order chi connectivity index (χ1) is 7.99. The predicted octanol–water partition coefficient (Wildman–Crippen LogP) is 1.88. The number of carbonyl (C=O) groups is 1. The van der Waals surface area contributed by atoms with Crippen molar-refractivity contribution < 1.29 is 13.6 Å². The first kappa shape index (κ1) is 13.6. The van der Waals surface area contributed by atoms with E-state index in [2.05, 4.69) is 5.43 Å². The highest BCUT2D eigenvalue weighted by Crippen LogP contribution is 2.11. The largest absolute Gasteiger partial charge is 0.289 e. The summed E-state index contributed by atoms with van der Waals surface area (Å²) < 4.78 is 25.5. The second-order valence-corrected chi connectivity index (χ2v) is 4.03. The maximum atomic E-state index is 12.9. The molecule has 94 valence electrons. The maximum absolute atomic E-state index is 12.9. The molecular formula is C12H16F2N2O. The van der Waals surface area contributed by atoms with Gasteiger partial charge in [-0.15, -0.1) is 0 Å². The lowest BCUT2D eigenvalue weighted by Crippen LogP contribution is -2.35. The molecular weight excluding hydrogens is 226 g/mol. The molecule has 0 unspecified atom stereocenters. The Hall–Kier alpha value is -1.49. The van der Waals surface area contributed by atoms with E-state index < -0.39 is 11.6 Å². The normalized spacial score (nSPS) is 10.6. The summed E-state index contributed by atoms with van der Waals surface area (Å²) in [5.41, 5.74) is 3.31. The SMILES string of the molecule is CN(C)NC(=O)CCCc1ccc(F)c(F)c1. The minimum absolute atomic E-state index is 0.0856. The smallest absolute Gasteiger partial charge is 0.234 e.